The predicted molar refractivity (Wildman–Crippen MR) is 152 cm³/mol. The molecular weight excluding hydrogens is 602 g/mol. The van der Waals surface area contributed by atoms with E-state index in [9.17, 15) is 9.59 Å². The molecule has 1 unspecified atom stereocenters. The van der Waals surface area contributed by atoms with Gasteiger partial charge in [0.15, 0.2) is 11.5 Å². The number of halogens is 2. The Morgan fingerprint density at radius 3 is 2.35 bits per heavy atom. The Morgan fingerprint density at radius 1 is 1.00 bits per heavy atom. The van der Waals surface area contributed by atoms with Gasteiger partial charge in [0.25, 0.3) is 11.8 Å². The molecule has 0 aliphatic heterocycles. The zero-order valence-corrected chi connectivity index (χ0v) is 24.0. The van der Waals surface area contributed by atoms with Gasteiger partial charge in [0.05, 0.1) is 17.3 Å². The Kier molecular flexibility index (Phi) is 10.7. The summed E-state index contributed by atoms with van der Waals surface area (Å²) in [4.78, 5) is 25.3. The molecule has 0 aliphatic carbocycles. The van der Waals surface area contributed by atoms with E-state index in [-0.39, 0.29) is 11.8 Å². The number of benzene rings is 3. The monoisotopic (exact) mass is 629 g/mol. The summed E-state index contributed by atoms with van der Waals surface area (Å²) in [7, 11) is 0. The highest BCUT2D eigenvalue weighted by Crippen LogP contribution is 2.37. The van der Waals surface area contributed by atoms with Gasteiger partial charge in [-0.1, -0.05) is 60.1 Å². The number of amides is 2. The molecule has 0 fully saturated rings. The Bertz CT molecular complexity index is 1230. The minimum Gasteiger partial charge on any atom is -0.490 e. The number of hydrazone groups is 1. The van der Waals surface area contributed by atoms with Gasteiger partial charge in [-0.15, -0.1) is 0 Å². The highest BCUT2D eigenvalue weighted by atomic mass is 79.9. The van der Waals surface area contributed by atoms with Gasteiger partial charge in [-0.2, -0.15) is 5.10 Å². The van der Waals surface area contributed by atoms with E-state index in [1.807, 2.05) is 57.2 Å². The maximum absolute atomic E-state index is 12.8. The van der Waals surface area contributed by atoms with E-state index in [1.165, 1.54) is 6.21 Å². The molecule has 7 nitrogen and oxygen atoms in total. The third kappa shape index (κ3) is 8.43. The maximum atomic E-state index is 12.8. The molecule has 1 atom stereocenters. The molecule has 2 amide bonds. The normalized spacial score (nSPS) is 11.8. The molecule has 0 aliphatic rings. The lowest BCUT2D eigenvalue weighted by atomic mass is 10.0. The van der Waals surface area contributed by atoms with Crippen molar-refractivity contribution in [3.8, 4) is 11.5 Å². The fraction of sp³-hybridized carbons (Fsp3) is 0.250. The molecule has 0 radical (unpaired) electrons. The Labute approximate surface area is 233 Å². The number of hydrogen-bond acceptors (Lipinski definition) is 5. The quantitative estimate of drug-likeness (QED) is 0.198. The van der Waals surface area contributed by atoms with Crippen molar-refractivity contribution >= 4 is 49.9 Å². The highest BCUT2D eigenvalue weighted by molar-refractivity contribution is 9.10. The number of ether oxygens (including phenoxy) is 2. The van der Waals surface area contributed by atoms with Crippen LogP contribution in [0.15, 0.2) is 80.8 Å². The van der Waals surface area contributed by atoms with Crippen LogP contribution in [0, 0.1) is 5.92 Å². The zero-order chi connectivity index (χ0) is 26.8. The number of carbonyl (C=O) groups excluding carboxylic acids is 2. The highest BCUT2D eigenvalue weighted by Gasteiger charge is 2.24. The van der Waals surface area contributed by atoms with E-state index in [0.717, 1.165) is 10.0 Å². The lowest BCUT2D eigenvalue weighted by Gasteiger charge is -2.20. The third-order valence-electron chi connectivity index (χ3n) is 5.29. The first kappa shape index (κ1) is 28.4. The van der Waals surface area contributed by atoms with Crippen LogP contribution in [0.3, 0.4) is 0 Å². The maximum Gasteiger partial charge on any atom is 0.262 e. The van der Waals surface area contributed by atoms with Gasteiger partial charge in [-0.3, -0.25) is 9.59 Å². The molecule has 3 rings (SSSR count). The lowest BCUT2D eigenvalue weighted by Crippen LogP contribution is -2.48. The average Bonchev–Trinajstić information content (AvgIpc) is 2.88. The summed E-state index contributed by atoms with van der Waals surface area (Å²) in [6.45, 7) is 6.44. The van der Waals surface area contributed by atoms with Crippen molar-refractivity contribution < 1.29 is 19.1 Å². The van der Waals surface area contributed by atoms with Crippen LogP contribution in [-0.2, 0) is 11.4 Å². The van der Waals surface area contributed by atoms with Crippen LogP contribution < -0.4 is 20.2 Å². The van der Waals surface area contributed by atoms with E-state index < -0.39 is 11.9 Å². The molecular formula is C28H29Br2N3O4. The first-order chi connectivity index (χ1) is 17.8. The summed E-state index contributed by atoms with van der Waals surface area (Å²) in [6.07, 6.45) is 1.51. The summed E-state index contributed by atoms with van der Waals surface area (Å²) in [5.74, 6) is 0.270. The van der Waals surface area contributed by atoms with Crippen molar-refractivity contribution in [1.82, 2.24) is 10.7 Å². The van der Waals surface area contributed by atoms with Crippen LogP contribution in [0.2, 0.25) is 0 Å². The van der Waals surface area contributed by atoms with Crippen molar-refractivity contribution in [3.63, 3.8) is 0 Å². The van der Waals surface area contributed by atoms with E-state index in [2.05, 4.69) is 47.7 Å². The van der Waals surface area contributed by atoms with Crippen molar-refractivity contribution in [2.45, 2.75) is 33.4 Å². The van der Waals surface area contributed by atoms with Crippen LogP contribution in [0.5, 0.6) is 11.5 Å². The number of hydrogen-bond donors (Lipinski definition) is 2. The average molecular weight is 631 g/mol. The minimum atomic E-state index is -0.745. The number of nitrogens with zero attached hydrogens (tertiary/aromatic N) is 1. The van der Waals surface area contributed by atoms with E-state index in [4.69, 9.17) is 9.47 Å². The molecule has 0 heterocycles. The topological polar surface area (TPSA) is 89.0 Å². The minimum absolute atomic E-state index is 0.135. The van der Waals surface area contributed by atoms with Crippen molar-refractivity contribution in [2.75, 3.05) is 6.61 Å². The second-order valence-corrected chi connectivity index (χ2v) is 10.2. The Hall–Kier alpha value is -3.17. The summed E-state index contributed by atoms with van der Waals surface area (Å²) >= 11 is 6.99. The second-order valence-electron chi connectivity index (χ2n) is 8.47. The predicted octanol–water partition coefficient (Wildman–Crippen LogP) is 6.09. The molecule has 0 saturated heterocycles. The van der Waals surface area contributed by atoms with Crippen molar-refractivity contribution in [1.29, 1.82) is 0 Å². The first-order valence-electron chi connectivity index (χ1n) is 11.8. The fourth-order valence-corrected chi connectivity index (χ4v) is 4.23. The fourth-order valence-electron chi connectivity index (χ4n) is 3.39. The SMILES string of the molecule is CCOc1cc(C=NNC(=O)C(NC(=O)c2ccccc2)C(C)C)cc(Br)c1OCc1ccc(Br)cc1. The van der Waals surface area contributed by atoms with Gasteiger partial charge >= 0.3 is 0 Å². The number of carbonyl (C=O) groups is 2. The number of rotatable bonds is 11. The summed E-state index contributed by atoms with van der Waals surface area (Å²) in [5, 5.41) is 6.88. The molecule has 0 spiro atoms. The number of nitrogens with one attached hydrogen (secondary N) is 2. The zero-order valence-electron chi connectivity index (χ0n) is 20.8. The van der Waals surface area contributed by atoms with E-state index >= 15 is 0 Å². The van der Waals surface area contributed by atoms with Crippen molar-refractivity contribution in [3.05, 3.63) is 92.4 Å². The van der Waals surface area contributed by atoms with Crippen LogP contribution >= 0.6 is 31.9 Å². The van der Waals surface area contributed by atoms with Gasteiger partial charge in [0.2, 0.25) is 0 Å². The second kappa shape index (κ2) is 13.9. The molecule has 3 aromatic rings. The van der Waals surface area contributed by atoms with Crippen LogP contribution in [0.4, 0.5) is 0 Å². The van der Waals surface area contributed by atoms with Gasteiger partial charge in [-0.05, 0) is 76.3 Å². The van der Waals surface area contributed by atoms with Crippen LogP contribution in [0.25, 0.3) is 0 Å². The van der Waals surface area contributed by atoms with Gasteiger partial charge in [-0.25, -0.2) is 5.43 Å². The molecule has 0 saturated carbocycles. The molecule has 3 aromatic carbocycles. The molecule has 0 aromatic heterocycles. The van der Waals surface area contributed by atoms with Crippen LogP contribution in [0.1, 0.15) is 42.3 Å². The molecule has 9 heteroatoms. The first-order valence-corrected chi connectivity index (χ1v) is 13.4. The smallest absolute Gasteiger partial charge is 0.262 e. The van der Waals surface area contributed by atoms with Gasteiger partial charge < -0.3 is 14.8 Å². The molecule has 2 N–H and O–H groups in total. The molecule has 0 bridgehead atoms. The molecule has 194 valence electrons. The van der Waals surface area contributed by atoms with E-state index in [0.29, 0.717) is 40.3 Å². The molecule has 37 heavy (non-hydrogen) atoms. The summed E-state index contributed by atoms with van der Waals surface area (Å²) in [6, 6.07) is 19.5. The van der Waals surface area contributed by atoms with Crippen molar-refractivity contribution in [2.24, 2.45) is 11.0 Å². The van der Waals surface area contributed by atoms with Gasteiger partial charge in [0.1, 0.15) is 12.6 Å². The summed E-state index contributed by atoms with van der Waals surface area (Å²) < 4.78 is 13.5. The third-order valence-corrected chi connectivity index (χ3v) is 6.41. The summed E-state index contributed by atoms with van der Waals surface area (Å²) in [5.41, 5.74) is 4.73. The lowest BCUT2D eigenvalue weighted by molar-refractivity contribution is -0.123. The largest absolute Gasteiger partial charge is 0.490 e. The Morgan fingerprint density at radius 2 is 1.70 bits per heavy atom. The Balaban J connectivity index is 1.67. The van der Waals surface area contributed by atoms with E-state index in [1.54, 1.807) is 30.3 Å². The standard InChI is InChI=1S/C28H29Br2N3O4/c1-4-36-24-15-20(14-23(30)26(24)37-17-19-10-12-22(29)13-11-19)16-31-33-28(35)25(18(2)3)32-27(34)21-8-6-5-7-9-21/h5-16,18,25H,4,17H2,1-3H3,(H,32,34)(H,33,35). The van der Waals surface area contributed by atoms with Crippen LogP contribution in [-0.4, -0.2) is 30.7 Å². The van der Waals surface area contributed by atoms with Gasteiger partial charge in [0, 0.05) is 10.0 Å².